The van der Waals surface area contributed by atoms with Gasteiger partial charge >= 0.3 is 6.09 Å². The van der Waals surface area contributed by atoms with Crippen molar-refractivity contribution in [1.82, 2.24) is 4.90 Å². The smallest absolute Gasteiger partial charge is 0.410 e. The molecular formula is C20H28Cl2N2O5. The summed E-state index contributed by atoms with van der Waals surface area (Å²) in [6.45, 7) is 7.43. The number of benzene rings is 1. The molecule has 1 aromatic rings. The molecule has 1 aliphatic heterocycles. The van der Waals surface area contributed by atoms with Crippen molar-refractivity contribution in [2.45, 2.75) is 45.8 Å². The molecule has 0 aromatic heterocycles. The van der Waals surface area contributed by atoms with Crippen LogP contribution < -0.4 is 10.5 Å². The molecule has 1 aliphatic rings. The van der Waals surface area contributed by atoms with E-state index in [0.717, 1.165) is 0 Å². The zero-order valence-corrected chi connectivity index (χ0v) is 18.8. The molecule has 0 radical (unpaired) electrons. The first-order valence-electron chi connectivity index (χ1n) is 9.34. The van der Waals surface area contributed by atoms with Crippen LogP contribution in [-0.2, 0) is 14.3 Å². The molecule has 1 heterocycles. The minimum Gasteiger partial charge on any atom is -0.467 e. The molecule has 2 amide bonds. The zero-order chi connectivity index (χ0) is 21.9. The molecule has 2 rings (SSSR count). The molecule has 9 heteroatoms. The molecule has 29 heavy (non-hydrogen) atoms. The first kappa shape index (κ1) is 23.6. The second-order valence-electron chi connectivity index (χ2n) is 8.16. The Hall–Kier alpha value is -1.70. The van der Waals surface area contributed by atoms with Crippen molar-refractivity contribution < 1.29 is 23.8 Å². The van der Waals surface area contributed by atoms with Gasteiger partial charge in [0, 0.05) is 25.1 Å². The van der Waals surface area contributed by atoms with Crippen molar-refractivity contribution >= 4 is 35.2 Å². The Balaban J connectivity index is 2.49. The molecule has 0 saturated carbocycles. The van der Waals surface area contributed by atoms with E-state index < -0.39 is 29.6 Å². The summed E-state index contributed by atoms with van der Waals surface area (Å²) in [4.78, 5) is 26.3. The van der Waals surface area contributed by atoms with Gasteiger partial charge in [-0.1, -0.05) is 30.1 Å². The highest BCUT2D eigenvalue weighted by Crippen LogP contribution is 2.47. The average Bonchev–Trinajstić information content (AvgIpc) is 3.05. The number of halogens is 2. The fourth-order valence-corrected chi connectivity index (χ4v) is 3.81. The second-order valence-corrected chi connectivity index (χ2v) is 8.94. The monoisotopic (exact) mass is 446 g/mol. The summed E-state index contributed by atoms with van der Waals surface area (Å²) in [7, 11) is 1.50. The number of likely N-dealkylation sites (tertiary alicyclic amines) is 1. The summed E-state index contributed by atoms with van der Waals surface area (Å²) in [5, 5.41) is 0.619. The summed E-state index contributed by atoms with van der Waals surface area (Å²) in [5.74, 6) is -0.554. The number of rotatable bonds is 6. The van der Waals surface area contributed by atoms with Crippen molar-refractivity contribution in [1.29, 1.82) is 0 Å². The number of hydrogen-bond acceptors (Lipinski definition) is 5. The van der Waals surface area contributed by atoms with Crippen LogP contribution in [0.4, 0.5) is 4.79 Å². The highest BCUT2D eigenvalue weighted by atomic mass is 35.5. The summed E-state index contributed by atoms with van der Waals surface area (Å²) in [5.41, 5.74) is 5.39. The molecule has 0 spiro atoms. The van der Waals surface area contributed by atoms with E-state index in [0.29, 0.717) is 29.3 Å². The Morgan fingerprint density at radius 2 is 1.97 bits per heavy atom. The van der Waals surface area contributed by atoms with Gasteiger partial charge in [-0.2, -0.15) is 0 Å². The van der Waals surface area contributed by atoms with Gasteiger partial charge in [-0.3, -0.25) is 4.79 Å². The van der Waals surface area contributed by atoms with E-state index in [1.807, 2.05) is 0 Å². The molecule has 7 nitrogen and oxygen atoms in total. The maximum absolute atomic E-state index is 13.0. The predicted octanol–water partition coefficient (Wildman–Crippen LogP) is 4.40. The standard InChI is InChI=1S/C20H28Cl2N2O5/c1-11(18(23)25)12-8-14(24(9-12)19(26)29-20(2,3)4)16-15(28-10-27-5)7-6-13(21)17(16)22/h6-7,11-12,14H,8-10H2,1-5H3,(H2,23,25)/t11?,12?,14-/m1/s1. The number of carbonyl (C=O) groups is 2. The molecular weight excluding hydrogens is 419 g/mol. The van der Waals surface area contributed by atoms with Gasteiger partial charge in [-0.05, 0) is 45.2 Å². The van der Waals surface area contributed by atoms with Crippen LogP contribution in [0.5, 0.6) is 5.75 Å². The third-order valence-corrected chi connectivity index (χ3v) is 5.69. The number of primary amides is 1. The number of nitrogens with zero attached hydrogens (tertiary/aromatic N) is 1. The van der Waals surface area contributed by atoms with E-state index >= 15 is 0 Å². The van der Waals surface area contributed by atoms with Gasteiger partial charge in [0.2, 0.25) is 5.91 Å². The fraction of sp³-hybridized carbons (Fsp3) is 0.600. The third kappa shape index (κ3) is 5.68. The molecule has 3 atom stereocenters. The van der Waals surface area contributed by atoms with Crippen LogP contribution >= 0.6 is 23.2 Å². The quantitative estimate of drug-likeness (QED) is 0.653. The minimum atomic E-state index is -0.678. The topological polar surface area (TPSA) is 91.1 Å². The number of carbonyl (C=O) groups excluding carboxylic acids is 2. The van der Waals surface area contributed by atoms with Crippen molar-refractivity contribution in [2.75, 3.05) is 20.4 Å². The van der Waals surface area contributed by atoms with E-state index in [4.69, 9.17) is 43.1 Å². The van der Waals surface area contributed by atoms with Crippen molar-refractivity contribution in [3.05, 3.63) is 27.7 Å². The molecule has 162 valence electrons. The van der Waals surface area contributed by atoms with Gasteiger partial charge in [0.15, 0.2) is 6.79 Å². The minimum absolute atomic E-state index is 0.00519. The number of hydrogen-bond donors (Lipinski definition) is 1. The Morgan fingerprint density at radius 3 is 2.52 bits per heavy atom. The Labute approximate surface area is 181 Å². The van der Waals surface area contributed by atoms with Crippen LogP contribution in [0.15, 0.2) is 12.1 Å². The summed E-state index contributed by atoms with van der Waals surface area (Å²) >= 11 is 12.8. The van der Waals surface area contributed by atoms with Crippen LogP contribution in [0.25, 0.3) is 0 Å². The van der Waals surface area contributed by atoms with Crippen molar-refractivity contribution in [2.24, 2.45) is 17.6 Å². The van der Waals surface area contributed by atoms with Gasteiger partial charge in [0.1, 0.15) is 11.4 Å². The lowest BCUT2D eigenvalue weighted by molar-refractivity contribution is -0.122. The average molecular weight is 447 g/mol. The van der Waals surface area contributed by atoms with E-state index in [-0.39, 0.29) is 17.7 Å². The molecule has 0 bridgehead atoms. The first-order chi connectivity index (χ1) is 13.5. The Morgan fingerprint density at radius 1 is 1.31 bits per heavy atom. The summed E-state index contributed by atoms with van der Waals surface area (Å²) in [6.07, 6.45) is -0.0392. The molecule has 1 aromatic carbocycles. The number of nitrogens with two attached hydrogens (primary N) is 1. The number of amides is 2. The maximum atomic E-state index is 13.0. The van der Waals surface area contributed by atoms with E-state index in [9.17, 15) is 9.59 Å². The Kier molecular flexibility index (Phi) is 7.65. The highest BCUT2D eigenvalue weighted by molar-refractivity contribution is 6.42. The molecule has 1 fully saturated rings. The fourth-order valence-electron chi connectivity index (χ4n) is 3.37. The van der Waals surface area contributed by atoms with Crippen LogP contribution in [0, 0.1) is 11.8 Å². The van der Waals surface area contributed by atoms with Gasteiger partial charge in [0.05, 0.1) is 16.1 Å². The van der Waals surface area contributed by atoms with Gasteiger partial charge in [-0.15, -0.1) is 0 Å². The zero-order valence-electron chi connectivity index (χ0n) is 17.3. The predicted molar refractivity (Wildman–Crippen MR) is 111 cm³/mol. The lowest BCUT2D eigenvalue weighted by Gasteiger charge is -2.30. The number of methoxy groups -OCH3 is 1. The van der Waals surface area contributed by atoms with E-state index in [1.165, 1.54) is 7.11 Å². The van der Waals surface area contributed by atoms with Crippen LogP contribution in [-0.4, -0.2) is 42.9 Å². The summed E-state index contributed by atoms with van der Waals surface area (Å²) < 4.78 is 16.3. The largest absolute Gasteiger partial charge is 0.467 e. The molecule has 0 aliphatic carbocycles. The molecule has 2 N–H and O–H groups in total. The van der Waals surface area contributed by atoms with Gasteiger partial charge in [0.25, 0.3) is 0 Å². The van der Waals surface area contributed by atoms with Gasteiger partial charge < -0.3 is 24.8 Å². The van der Waals surface area contributed by atoms with Crippen molar-refractivity contribution in [3.8, 4) is 5.75 Å². The SMILES string of the molecule is COCOc1ccc(Cl)c(Cl)c1[C@H]1CC(C(C)C(N)=O)CN1C(=O)OC(C)(C)C. The number of ether oxygens (including phenoxy) is 3. The van der Waals surface area contributed by atoms with Crippen molar-refractivity contribution in [3.63, 3.8) is 0 Å². The summed E-state index contributed by atoms with van der Waals surface area (Å²) in [6, 6.07) is 2.81. The lowest BCUT2D eigenvalue weighted by Crippen LogP contribution is -2.38. The van der Waals surface area contributed by atoms with Gasteiger partial charge in [-0.25, -0.2) is 4.79 Å². The molecule has 2 unspecified atom stereocenters. The third-order valence-electron chi connectivity index (χ3n) is 4.88. The first-order valence-corrected chi connectivity index (χ1v) is 10.1. The lowest BCUT2D eigenvalue weighted by atomic mass is 9.89. The Bertz CT molecular complexity index is 766. The second kappa shape index (κ2) is 9.41. The van der Waals surface area contributed by atoms with Crippen LogP contribution in [0.3, 0.4) is 0 Å². The van der Waals surface area contributed by atoms with E-state index in [2.05, 4.69) is 0 Å². The van der Waals surface area contributed by atoms with E-state index in [1.54, 1.807) is 44.7 Å². The normalized spacial score (nSPS) is 20.4. The highest BCUT2D eigenvalue weighted by Gasteiger charge is 2.43. The maximum Gasteiger partial charge on any atom is 0.410 e. The molecule has 1 saturated heterocycles. The van der Waals surface area contributed by atoms with Crippen LogP contribution in [0.1, 0.15) is 45.7 Å². The van der Waals surface area contributed by atoms with Crippen LogP contribution in [0.2, 0.25) is 10.0 Å².